The number of hydrogen-bond acceptors (Lipinski definition) is 2. The van der Waals surface area contributed by atoms with Crippen molar-refractivity contribution in [3.05, 3.63) is 35.1 Å². The highest BCUT2D eigenvalue weighted by Crippen LogP contribution is 2.21. The molecule has 4 nitrogen and oxygen atoms in total. The second-order valence-electron chi connectivity index (χ2n) is 4.48. The summed E-state index contributed by atoms with van der Waals surface area (Å²) in [6.45, 7) is 2.17. The molecule has 1 aromatic rings. The van der Waals surface area contributed by atoms with Gasteiger partial charge in [-0.1, -0.05) is 6.07 Å². The molecule has 0 aromatic heterocycles. The van der Waals surface area contributed by atoms with Gasteiger partial charge in [0.15, 0.2) is 0 Å². The fraction of sp³-hybridized carbons (Fsp3) is 0.385. The maximum atomic E-state index is 13.0. The fourth-order valence-electron chi connectivity index (χ4n) is 2.09. The van der Waals surface area contributed by atoms with Crippen molar-refractivity contribution in [1.82, 2.24) is 4.90 Å². The summed E-state index contributed by atoms with van der Waals surface area (Å²) in [5.41, 5.74) is 1.77. The smallest absolute Gasteiger partial charge is 0.315 e. The van der Waals surface area contributed by atoms with Crippen LogP contribution >= 0.6 is 0 Å². The topological polar surface area (TPSA) is 57.6 Å². The van der Waals surface area contributed by atoms with Crippen molar-refractivity contribution < 1.29 is 19.1 Å². The Hall–Kier alpha value is -1.91. The number of hydrogen-bond donors (Lipinski definition) is 1. The molecular formula is C13H14FNO3. The third kappa shape index (κ3) is 2.34. The van der Waals surface area contributed by atoms with Crippen LogP contribution in [0.1, 0.15) is 18.1 Å². The number of halogens is 1. The zero-order valence-electron chi connectivity index (χ0n) is 10.0. The van der Waals surface area contributed by atoms with E-state index in [4.69, 9.17) is 5.11 Å². The van der Waals surface area contributed by atoms with Crippen molar-refractivity contribution in [3.63, 3.8) is 0 Å². The lowest BCUT2D eigenvalue weighted by molar-refractivity contribution is -0.150. The molecule has 18 heavy (non-hydrogen) atoms. The zero-order chi connectivity index (χ0) is 13.3. The van der Waals surface area contributed by atoms with E-state index in [1.165, 1.54) is 24.0 Å². The molecule has 1 aromatic carbocycles. The molecular weight excluding hydrogens is 237 g/mol. The van der Waals surface area contributed by atoms with Gasteiger partial charge in [-0.15, -0.1) is 0 Å². The highest BCUT2D eigenvalue weighted by Gasteiger charge is 2.28. The molecule has 0 aliphatic carbocycles. The third-order valence-corrected chi connectivity index (χ3v) is 3.23. The number of aliphatic carboxylic acids is 1. The summed E-state index contributed by atoms with van der Waals surface area (Å²) in [4.78, 5) is 24.2. The maximum absolute atomic E-state index is 13.0. The predicted octanol–water partition coefficient (Wildman–Crippen LogP) is 1.43. The van der Waals surface area contributed by atoms with E-state index in [1.807, 2.05) is 0 Å². The number of fused-ring (bicyclic) bond motifs is 1. The Kier molecular flexibility index (Phi) is 3.32. The van der Waals surface area contributed by atoms with Gasteiger partial charge in [0.2, 0.25) is 5.91 Å². The van der Waals surface area contributed by atoms with Crippen molar-refractivity contribution in [1.29, 1.82) is 0 Å². The molecule has 0 radical (unpaired) electrons. The molecule has 2 rings (SSSR count). The summed E-state index contributed by atoms with van der Waals surface area (Å²) in [6, 6.07) is 4.47. The van der Waals surface area contributed by atoms with E-state index in [0.29, 0.717) is 19.5 Å². The molecule has 1 heterocycles. The first-order chi connectivity index (χ1) is 8.49. The number of carbonyl (C=O) groups is 2. The van der Waals surface area contributed by atoms with Gasteiger partial charge in [-0.3, -0.25) is 9.59 Å². The minimum Gasteiger partial charge on any atom is -0.481 e. The minimum atomic E-state index is -1.12. The van der Waals surface area contributed by atoms with Crippen LogP contribution in [-0.2, 0) is 22.6 Å². The lowest BCUT2D eigenvalue weighted by Crippen LogP contribution is -2.41. The van der Waals surface area contributed by atoms with Crippen molar-refractivity contribution in [2.24, 2.45) is 5.92 Å². The van der Waals surface area contributed by atoms with Gasteiger partial charge in [-0.2, -0.15) is 0 Å². The second-order valence-corrected chi connectivity index (χ2v) is 4.48. The molecule has 1 amide bonds. The number of carboxylic acid groups (broad SMARTS) is 1. The SMILES string of the molecule is CC(C(=O)O)C(=O)N1CCc2cc(F)ccc2C1. The van der Waals surface area contributed by atoms with E-state index in [9.17, 15) is 14.0 Å². The predicted molar refractivity (Wildman–Crippen MR) is 62.3 cm³/mol. The summed E-state index contributed by atoms with van der Waals surface area (Å²) in [5.74, 6) is -2.83. The summed E-state index contributed by atoms with van der Waals surface area (Å²) in [5, 5.41) is 8.82. The first-order valence-corrected chi connectivity index (χ1v) is 5.78. The van der Waals surface area contributed by atoms with E-state index >= 15 is 0 Å². The van der Waals surface area contributed by atoms with Crippen LogP contribution in [0.2, 0.25) is 0 Å². The van der Waals surface area contributed by atoms with Crippen LogP contribution in [0, 0.1) is 11.7 Å². The van der Waals surface area contributed by atoms with Gasteiger partial charge in [-0.25, -0.2) is 4.39 Å². The highest BCUT2D eigenvalue weighted by atomic mass is 19.1. The Balaban J connectivity index is 2.15. The fourth-order valence-corrected chi connectivity index (χ4v) is 2.09. The molecule has 5 heteroatoms. The van der Waals surface area contributed by atoms with Crippen LogP contribution in [0.15, 0.2) is 18.2 Å². The van der Waals surface area contributed by atoms with Gasteiger partial charge in [0.1, 0.15) is 11.7 Å². The van der Waals surface area contributed by atoms with Gasteiger partial charge in [0.25, 0.3) is 0 Å². The first kappa shape index (κ1) is 12.5. The number of nitrogens with zero attached hydrogens (tertiary/aromatic N) is 1. The van der Waals surface area contributed by atoms with Crippen molar-refractivity contribution in [2.45, 2.75) is 19.9 Å². The van der Waals surface area contributed by atoms with Crippen molar-refractivity contribution in [2.75, 3.05) is 6.54 Å². The summed E-state index contributed by atoms with van der Waals surface area (Å²) in [7, 11) is 0. The third-order valence-electron chi connectivity index (χ3n) is 3.23. The van der Waals surface area contributed by atoms with Gasteiger partial charge >= 0.3 is 5.97 Å². The lowest BCUT2D eigenvalue weighted by atomic mass is 9.98. The van der Waals surface area contributed by atoms with Crippen LogP contribution in [0.25, 0.3) is 0 Å². The highest BCUT2D eigenvalue weighted by molar-refractivity contribution is 5.96. The van der Waals surface area contributed by atoms with Crippen LogP contribution in [-0.4, -0.2) is 28.4 Å². The minimum absolute atomic E-state index is 0.285. The Morgan fingerprint density at radius 3 is 2.78 bits per heavy atom. The molecule has 1 unspecified atom stereocenters. The van der Waals surface area contributed by atoms with Gasteiger partial charge in [0, 0.05) is 13.1 Å². The average molecular weight is 251 g/mol. The van der Waals surface area contributed by atoms with Crippen LogP contribution in [0.4, 0.5) is 4.39 Å². The molecule has 1 atom stereocenters. The Morgan fingerprint density at radius 1 is 1.39 bits per heavy atom. The Labute approximate surface area is 104 Å². The number of benzene rings is 1. The largest absolute Gasteiger partial charge is 0.481 e. The van der Waals surface area contributed by atoms with Gasteiger partial charge in [0.05, 0.1) is 0 Å². The molecule has 1 aliphatic rings. The molecule has 1 N–H and O–H groups in total. The van der Waals surface area contributed by atoms with E-state index < -0.39 is 17.8 Å². The number of carboxylic acids is 1. The summed E-state index contributed by atoms with van der Waals surface area (Å²) >= 11 is 0. The van der Waals surface area contributed by atoms with Crippen molar-refractivity contribution >= 4 is 11.9 Å². The summed E-state index contributed by atoms with van der Waals surface area (Å²) in [6.07, 6.45) is 0.561. The second kappa shape index (κ2) is 4.76. The number of amides is 1. The Morgan fingerprint density at radius 2 is 2.11 bits per heavy atom. The molecule has 0 saturated heterocycles. The normalized spacial score (nSPS) is 16.0. The maximum Gasteiger partial charge on any atom is 0.315 e. The van der Waals surface area contributed by atoms with Gasteiger partial charge < -0.3 is 10.0 Å². The first-order valence-electron chi connectivity index (χ1n) is 5.78. The van der Waals surface area contributed by atoms with Crippen LogP contribution in [0.5, 0.6) is 0 Å². The van der Waals surface area contributed by atoms with Gasteiger partial charge in [-0.05, 0) is 36.6 Å². The van der Waals surface area contributed by atoms with E-state index in [-0.39, 0.29) is 5.82 Å². The van der Waals surface area contributed by atoms with E-state index in [2.05, 4.69) is 0 Å². The van der Waals surface area contributed by atoms with E-state index in [0.717, 1.165) is 11.1 Å². The van der Waals surface area contributed by atoms with Crippen LogP contribution < -0.4 is 0 Å². The van der Waals surface area contributed by atoms with Crippen molar-refractivity contribution in [3.8, 4) is 0 Å². The monoisotopic (exact) mass is 251 g/mol. The molecule has 0 fully saturated rings. The molecule has 0 bridgehead atoms. The lowest BCUT2D eigenvalue weighted by Gasteiger charge is -2.30. The molecule has 0 spiro atoms. The molecule has 0 saturated carbocycles. The average Bonchev–Trinajstić information content (AvgIpc) is 2.36. The summed E-state index contributed by atoms with van der Waals surface area (Å²) < 4.78 is 13.0. The Bertz CT molecular complexity index is 501. The standard InChI is InChI=1S/C13H14FNO3/c1-8(13(17)18)12(16)15-5-4-9-6-11(14)3-2-10(9)7-15/h2-3,6,8H,4-5,7H2,1H3,(H,17,18). The molecule has 1 aliphatic heterocycles. The number of rotatable bonds is 2. The quantitative estimate of drug-likeness (QED) is 0.809. The zero-order valence-corrected chi connectivity index (χ0v) is 10.0. The molecule has 96 valence electrons. The van der Waals surface area contributed by atoms with E-state index in [1.54, 1.807) is 6.07 Å². The number of carbonyl (C=O) groups excluding carboxylic acids is 1. The van der Waals surface area contributed by atoms with Crippen LogP contribution in [0.3, 0.4) is 0 Å².